The molecule has 1 aromatic carbocycles. The van der Waals surface area contributed by atoms with Gasteiger partial charge in [0.2, 0.25) is 0 Å². The molecular formula is C12H9Br2ClOS. The van der Waals surface area contributed by atoms with Gasteiger partial charge < -0.3 is 4.74 Å². The van der Waals surface area contributed by atoms with Crippen molar-refractivity contribution >= 4 is 54.8 Å². The Bertz CT molecular complexity index is 527. The predicted octanol–water partition coefficient (Wildman–Crippen LogP) is 5.66. The van der Waals surface area contributed by atoms with E-state index in [-0.39, 0.29) is 4.83 Å². The Kier molecular flexibility index (Phi) is 4.53. The smallest absolute Gasteiger partial charge is 0.120 e. The quantitative estimate of drug-likeness (QED) is 0.609. The van der Waals surface area contributed by atoms with Crippen LogP contribution in [-0.2, 0) is 0 Å². The largest absolute Gasteiger partial charge is 0.497 e. The van der Waals surface area contributed by atoms with E-state index in [1.54, 1.807) is 18.4 Å². The van der Waals surface area contributed by atoms with Crippen LogP contribution in [0.4, 0.5) is 0 Å². The first kappa shape index (κ1) is 13.4. The van der Waals surface area contributed by atoms with Crippen molar-refractivity contribution in [1.82, 2.24) is 0 Å². The Labute approximate surface area is 126 Å². The number of halogens is 3. The molecule has 0 aliphatic carbocycles. The predicted molar refractivity (Wildman–Crippen MR) is 80.8 cm³/mol. The van der Waals surface area contributed by atoms with Crippen LogP contribution < -0.4 is 4.74 Å². The number of hydrogen-bond donors (Lipinski definition) is 0. The van der Waals surface area contributed by atoms with E-state index in [4.69, 9.17) is 16.3 Å². The fraction of sp³-hybridized carbons (Fsp3) is 0.167. The Morgan fingerprint density at radius 2 is 2.06 bits per heavy atom. The van der Waals surface area contributed by atoms with Crippen LogP contribution in [0.3, 0.4) is 0 Å². The molecule has 0 bridgehead atoms. The highest BCUT2D eigenvalue weighted by Gasteiger charge is 2.16. The molecule has 0 N–H and O–H groups in total. The first-order valence-corrected chi connectivity index (χ1v) is 7.75. The molecule has 0 saturated carbocycles. The molecule has 1 atom stereocenters. The summed E-state index contributed by atoms with van der Waals surface area (Å²) in [4.78, 5) is 1.32. The third kappa shape index (κ3) is 3.05. The number of ether oxygens (including phenoxy) is 1. The van der Waals surface area contributed by atoms with E-state index in [0.29, 0.717) is 5.02 Å². The molecule has 0 spiro atoms. The van der Waals surface area contributed by atoms with E-state index >= 15 is 0 Å². The second kappa shape index (κ2) is 5.74. The Morgan fingerprint density at radius 3 is 2.59 bits per heavy atom. The lowest BCUT2D eigenvalue weighted by Gasteiger charge is -2.11. The third-order valence-corrected chi connectivity index (χ3v) is 5.63. The fourth-order valence-corrected chi connectivity index (χ4v) is 4.12. The number of alkyl halides is 1. The summed E-state index contributed by atoms with van der Waals surface area (Å²) in [6.07, 6.45) is 0. The summed E-state index contributed by atoms with van der Waals surface area (Å²) in [5.41, 5.74) is 1.04. The molecule has 2 aromatic rings. The van der Waals surface area contributed by atoms with E-state index in [0.717, 1.165) is 15.1 Å². The van der Waals surface area contributed by atoms with Gasteiger partial charge >= 0.3 is 0 Å². The average molecular weight is 397 g/mol. The SMILES string of the molecule is COc1ccc(C(Br)c2ccc(Br)s2)c(Cl)c1. The van der Waals surface area contributed by atoms with Crippen molar-refractivity contribution in [2.75, 3.05) is 7.11 Å². The summed E-state index contributed by atoms with van der Waals surface area (Å²) in [5, 5.41) is 0.704. The zero-order chi connectivity index (χ0) is 12.4. The number of hydrogen-bond acceptors (Lipinski definition) is 2. The normalized spacial score (nSPS) is 12.5. The number of methoxy groups -OCH3 is 1. The van der Waals surface area contributed by atoms with Gasteiger partial charge in [0.1, 0.15) is 5.75 Å². The first-order chi connectivity index (χ1) is 8.11. The monoisotopic (exact) mass is 394 g/mol. The van der Waals surface area contributed by atoms with Crippen molar-refractivity contribution in [2.24, 2.45) is 0 Å². The van der Waals surface area contributed by atoms with Gasteiger partial charge in [-0.2, -0.15) is 0 Å². The highest BCUT2D eigenvalue weighted by Crippen LogP contribution is 2.40. The number of rotatable bonds is 3. The summed E-state index contributed by atoms with van der Waals surface area (Å²) in [7, 11) is 1.63. The maximum atomic E-state index is 6.24. The van der Waals surface area contributed by atoms with Crippen LogP contribution in [0.2, 0.25) is 5.02 Å². The Morgan fingerprint density at radius 1 is 1.29 bits per heavy atom. The van der Waals surface area contributed by atoms with Gasteiger partial charge in [-0.3, -0.25) is 0 Å². The van der Waals surface area contributed by atoms with Crippen molar-refractivity contribution in [3.8, 4) is 5.75 Å². The van der Waals surface area contributed by atoms with Gasteiger partial charge in [0.15, 0.2) is 0 Å². The molecule has 1 nitrogen and oxygen atoms in total. The van der Waals surface area contributed by atoms with Gasteiger partial charge in [0.05, 0.1) is 15.7 Å². The molecule has 0 fully saturated rings. The highest BCUT2D eigenvalue weighted by atomic mass is 79.9. The van der Waals surface area contributed by atoms with E-state index < -0.39 is 0 Å². The van der Waals surface area contributed by atoms with Crippen molar-refractivity contribution in [3.63, 3.8) is 0 Å². The number of benzene rings is 1. The molecule has 0 aliphatic heterocycles. The first-order valence-electron chi connectivity index (χ1n) is 4.84. The summed E-state index contributed by atoms with van der Waals surface area (Å²) >= 11 is 15.1. The third-order valence-electron chi connectivity index (χ3n) is 2.32. The van der Waals surface area contributed by atoms with Crippen molar-refractivity contribution in [2.45, 2.75) is 4.83 Å². The minimum Gasteiger partial charge on any atom is -0.497 e. The second-order valence-electron chi connectivity index (χ2n) is 3.39. The lowest BCUT2D eigenvalue weighted by Crippen LogP contribution is -1.92. The maximum Gasteiger partial charge on any atom is 0.120 e. The number of thiophene rings is 1. The Hall–Kier alpha value is -0.0300. The standard InChI is InChI=1S/C12H9Br2ClOS/c1-16-7-2-3-8(9(15)6-7)12(14)10-4-5-11(13)17-10/h2-6,12H,1H3. The van der Waals surface area contributed by atoms with Crippen molar-refractivity contribution < 1.29 is 4.74 Å². The van der Waals surface area contributed by atoms with E-state index in [9.17, 15) is 0 Å². The van der Waals surface area contributed by atoms with E-state index in [1.165, 1.54) is 4.88 Å². The van der Waals surface area contributed by atoms with Crippen molar-refractivity contribution in [3.05, 3.63) is 49.6 Å². The summed E-state index contributed by atoms with van der Waals surface area (Å²) in [6.45, 7) is 0. The van der Waals surface area contributed by atoms with Gasteiger partial charge in [-0.25, -0.2) is 0 Å². The molecule has 5 heteroatoms. The molecule has 90 valence electrons. The molecule has 1 aromatic heterocycles. The topological polar surface area (TPSA) is 9.23 Å². The molecule has 0 saturated heterocycles. The van der Waals surface area contributed by atoms with Crippen molar-refractivity contribution in [1.29, 1.82) is 0 Å². The molecule has 2 rings (SSSR count). The lowest BCUT2D eigenvalue weighted by atomic mass is 10.1. The van der Waals surface area contributed by atoms with Crippen LogP contribution in [0.15, 0.2) is 34.1 Å². The van der Waals surface area contributed by atoms with Crippen LogP contribution >= 0.6 is 54.8 Å². The molecular weight excluding hydrogens is 387 g/mol. The zero-order valence-electron chi connectivity index (χ0n) is 8.91. The summed E-state index contributed by atoms with van der Waals surface area (Å²) < 4.78 is 6.25. The lowest BCUT2D eigenvalue weighted by molar-refractivity contribution is 0.414. The molecule has 0 amide bonds. The summed E-state index contributed by atoms with van der Waals surface area (Å²) in [5.74, 6) is 0.769. The second-order valence-corrected chi connectivity index (χ2v) is 7.21. The maximum absolute atomic E-state index is 6.24. The van der Waals surface area contributed by atoms with E-state index in [2.05, 4.69) is 37.9 Å². The Balaban J connectivity index is 2.34. The van der Waals surface area contributed by atoms with Gasteiger partial charge in [0.25, 0.3) is 0 Å². The fourth-order valence-electron chi connectivity index (χ4n) is 1.46. The van der Waals surface area contributed by atoms with Gasteiger partial charge in [-0.15, -0.1) is 11.3 Å². The average Bonchev–Trinajstić information content (AvgIpc) is 2.75. The minimum atomic E-state index is 0.109. The molecule has 1 heterocycles. The minimum absolute atomic E-state index is 0.109. The van der Waals surface area contributed by atoms with Crippen LogP contribution in [-0.4, -0.2) is 7.11 Å². The van der Waals surface area contributed by atoms with Crippen LogP contribution in [0.25, 0.3) is 0 Å². The van der Waals surface area contributed by atoms with Crippen LogP contribution in [0.5, 0.6) is 5.75 Å². The van der Waals surface area contributed by atoms with Gasteiger partial charge in [-0.05, 0) is 45.8 Å². The molecule has 17 heavy (non-hydrogen) atoms. The molecule has 0 radical (unpaired) electrons. The van der Waals surface area contributed by atoms with Gasteiger partial charge in [-0.1, -0.05) is 33.6 Å². The van der Waals surface area contributed by atoms with E-state index in [1.807, 2.05) is 24.3 Å². The van der Waals surface area contributed by atoms with Gasteiger partial charge in [0, 0.05) is 9.90 Å². The molecule has 1 unspecified atom stereocenters. The molecule has 0 aliphatic rings. The summed E-state index contributed by atoms with van der Waals surface area (Å²) in [6, 6.07) is 9.83. The highest BCUT2D eigenvalue weighted by molar-refractivity contribution is 9.11. The van der Waals surface area contributed by atoms with Crippen LogP contribution in [0.1, 0.15) is 15.3 Å². The zero-order valence-corrected chi connectivity index (χ0v) is 13.7. The van der Waals surface area contributed by atoms with Crippen LogP contribution in [0, 0.1) is 0 Å².